The largest absolute Gasteiger partial charge is 0.492 e. The summed E-state index contributed by atoms with van der Waals surface area (Å²) in [5, 5.41) is 3.60. The molecule has 9 heteroatoms. The Bertz CT molecular complexity index is 1260. The van der Waals surface area contributed by atoms with E-state index in [1.54, 1.807) is 0 Å². The minimum atomic E-state index is -0.484. The number of hydrogen-bond donors (Lipinski definition) is 2. The van der Waals surface area contributed by atoms with E-state index in [1.807, 2.05) is 16.5 Å². The van der Waals surface area contributed by atoms with Crippen LogP contribution >= 0.6 is 11.5 Å². The van der Waals surface area contributed by atoms with Crippen molar-refractivity contribution in [3.63, 3.8) is 0 Å². The predicted octanol–water partition coefficient (Wildman–Crippen LogP) is 2.82. The molecule has 0 amide bonds. The number of aromatic amines is 1. The van der Waals surface area contributed by atoms with Crippen molar-refractivity contribution in [2.75, 3.05) is 32.1 Å². The molecule has 160 valence electrons. The Hall–Kier alpha value is -2.39. The quantitative estimate of drug-likeness (QED) is 0.648. The van der Waals surface area contributed by atoms with Gasteiger partial charge < -0.3 is 19.5 Å². The van der Waals surface area contributed by atoms with Gasteiger partial charge in [0.15, 0.2) is 11.6 Å². The molecule has 30 heavy (non-hydrogen) atoms. The number of hydrogen-bond acceptors (Lipinski definition) is 6. The fraction of sp³-hybridized carbons (Fsp3) is 0.524. The summed E-state index contributed by atoms with van der Waals surface area (Å²) in [7, 11) is 3.46. The summed E-state index contributed by atoms with van der Waals surface area (Å²) < 4.78 is 25.9. The van der Waals surface area contributed by atoms with E-state index in [4.69, 9.17) is 4.74 Å². The van der Waals surface area contributed by atoms with E-state index in [0.717, 1.165) is 37.3 Å². The number of nitrogens with zero attached hydrogens (tertiary/aromatic N) is 2. The molecule has 2 aromatic heterocycles. The molecular formula is C21H25FN4O3S. The van der Waals surface area contributed by atoms with Crippen molar-refractivity contribution < 1.29 is 9.13 Å². The maximum absolute atomic E-state index is 15.4. The molecule has 1 saturated heterocycles. The molecule has 1 aromatic carbocycles. The number of rotatable bonds is 5. The molecule has 1 saturated carbocycles. The van der Waals surface area contributed by atoms with Crippen LogP contribution in [0.15, 0.2) is 15.7 Å². The van der Waals surface area contributed by atoms with Gasteiger partial charge in [0.25, 0.3) is 5.56 Å². The van der Waals surface area contributed by atoms with Crippen LogP contribution in [-0.4, -0.2) is 42.2 Å². The van der Waals surface area contributed by atoms with Gasteiger partial charge in [0.05, 0.1) is 18.0 Å². The lowest BCUT2D eigenvalue weighted by Crippen LogP contribution is -2.33. The van der Waals surface area contributed by atoms with Crippen molar-refractivity contribution in [1.29, 1.82) is 0 Å². The minimum absolute atomic E-state index is 0.109. The van der Waals surface area contributed by atoms with Crippen molar-refractivity contribution in [3.05, 3.63) is 32.5 Å². The fourth-order valence-corrected chi connectivity index (χ4v) is 5.64. The van der Waals surface area contributed by atoms with Gasteiger partial charge in [-0.2, -0.15) is 0 Å². The molecule has 2 fully saturated rings. The Kier molecular flexibility index (Phi) is 4.62. The predicted molar refractivity (Wildman–Crippen MR) is 118 cm³/mol. The summed E-state index contributed by atoms with van der Waals surface area (Å²) in [5.41, 5.74) is 0.149. The number of nitrogens with one attached hydrogen (secondary N) is 2. The first-order chi connectivity index (χ1) is 14.5. The van der Waals surface area contributed by atoms with Gasteiger partial charge in [-0.15, -0.1) is 0 Å². The number of ether oxygens (including phenoxy) is 1. The first kappa shape index (κ1) is 19.6. The van der Waals surface area contributed by atoms with Crippen molar-refractivity contribution in [1.82, 2.24) is 14.3 Å². The maximum atomic E-state index is 15.4. The molecule has 3 heterocycles. The van der Waals surface area contributed by atoms with E-state index < -0.39 is 16.8 Å². The Morgan fingerprint density at radius 3 is 2.77 bits per heavy atom. The van der Waals surface area contributed by atoms with Gasteiger partial charge >= 0.3 is 0 Å². The van der Waals surface area contributed by atoms with Crippen molar-refractivity contribution in [2.24, 2.45) is 5.92 Å². The number of H-pyrrole nitrogens is 1. The maximum Gasteiger partial charge on any atom is 0.271 e. The Labute approximate surface area is 176 Å². The Morgan fingerprint density at radius 1 is 1.33 bits per heavy atom. The van der Waals surface area contributed by atoms with Gasteiger partial charge in [-0.05, 0) is 56.8 Å². The first-order valence-corrected chi connectivity index (χ1v) is 11.2. The summed E-state index contributed by atoms with van der Waals surface area (Å²) in [6.45, 7) is 3.58. The molecule has 1 aliphatic carbocycles. The van der Waals surface area contributed by atoms with E-state index in [9.17, 15) is 9.59 Å². The van der Waals surface area contributed by atoms with Crippen LogP contribution in [0.2, 0.25) is 0 Å². The highest BCUT2D eigenvalue weighted by Crippen LogP contribution is 2.46. The van der Waals surface area contributed by atoms with Crippen molar-refractivity contribution in [2.45, 2.75) is 38.3 Å². The van der Waals surface area contributed by atoms with E-state index in [-0.39, 0.29) is 16.8 Å². The highest BCUT2D eigenvalue weighted by molar-refractivity contribution is 7.12. The number of aromatic nitrogens is 2. The third-order valence-electron chi connectivity index (χ3n) is 6.61. The zero-order chi connectivity index (χ0) is 21.2. The summed E-state index contributed by atoms with van der Waals surface area (Å²) >= 11 is 1.16. The van der Waals surface area contributed by atoms with Gasteiger partial charge in [-0.1, -0.05) is 0 Å². The molecule has 2 N–H and O–H groups in total. The normalized spacial score (nSPS) is 20.4. The molecule has 2 atom stereocenters. The lowest BCUT2D eigenvalue weighted by molar-refractivity contribution is 0.411. The zero-order valence-corrected chi connectivity index (χ0v) is 18.1. The van der Waals surface area contributed by atoms with Gasteiger partial charge in [0.2, 0.25) is 5.43 Å². The van der Waals surface area contributed by atoms with E-state index in [1.165, 1.54) is 13.2 Å². The van der Waals surface area contributed by atoms with Crippen molar-refractivity contribution in [3.8, 4) is 5.75 Å². The summed E-state index contributed by atoms with van der Waals surface area (Å²) in [5.74, 6) is 0.301. The Balaban J connectivity index is 1.79. The van der Waals surface area contributed by atoms with Gasteiger partial charge in [0, 0.05) is 25.2 Å². The average molecular weight is 433 g/mol. The molecule has 1 aliphatic heterocycles. The van der Waals surface area contributed by atoms with Crippen LogP contribution in [0.25, 0.3) is 21.1 Å². The number of pyridine rings is 1. The van der Waals surface area contributed by atoms with E-state index >= 15 is 4.39 Å². The van der Waals surface area contributed by atoms with Crippen LogP contribution in [-0.2, 0) is 0 Å². The second kappa shape index (κ2) is 7.09. The van der Waals surface area contributed by atoms with Gasteiger partial charge in [-0.25, -0.2) is 4.39 Å². The summed E-state index contributed by atoms with van der Waals surface area (Å²) in [4.78, 5) is 28.0. The highest BCUT2D eigenvalue weighted by atomic mass is 32.1. The summed E-state index contributed by atoms with van der Waals surface area (Å²) in [6, 6.07) is 1.80. The van der Waals surface area contributed by atoms with Crippen LogP contribution in [0.3, 0.4) is 0 Å². The molecule has 0 spiro atoms. The molecule has 0 unspecified atom stereocenters. The van der Waals surface area contributed by atoms with E-state index in [0.29, 0.717) is 40.3 Å². The number of fused-ring (bicyclic) bond motifs is 2. The number of benzene rings is 1. The second-order valence-electron chi connectivity index (χ2n) is 8.35. The van der Waals surface area contributed by atoms with Crippen LogP contribution < -0.4 is 25.9 Å². The minimum Gasteiger partial charge on any atom is -0.492 e. The molecule has 7 nitrogen and oxygen atoms in total. The average Bonchev–Trinajstić information content (AvgIpc) is 3.33. The third-order valence-corrected chi connectivity index (χ3v) is 7.50. The van der Waals surface area contributed by atoms with Crippen LogP contribution in [0.1, 0.15) is 32.2 Å². The Morgan fingerprint density at radius 2 is 2.10 bits per heavy atom. The molecular weight excluding hydrogens is 407 g/mol. The fourth-order valence-electron chi connectivity index (χ4n) is 4.72. The van der Waals surface area contributed by atoms with Crippen LogP contribution in [0, 0.1) is 11.7 Å². The van der Waals surface area contributed by atoms with Gasteiger partial charge in [0.1, 0.15) is 15.9 Å². The number of halogens is 1. The second-order valence-corrected chi connectivity index (χ2v) is 9.15. The molecule has 5 rings (SSSR count). The molecule has 0 radical (unpaired) electrons. The molecule has 3 aromatic rings. The van der Waals surface area contributed by atoms with Gasteiger partial charge in [-0.3, -0.25) is 14.0 Å². The van der Waals surface area contributed by atoms with E-state index in [2.05, 4.69) is 16.6 Å². The summed E-state index contributed by atoms with van der Waals surface area (Å²) in [6.07, 6.45) is 2.87. The topological polar surface area (TPSA) is 79.4 Å². The highest BCUT2D eigenvalue weighted by Gasteiger charge is 2.35. The molecule has 2 aliphatic rings. The standard InChI is InChI=1S/C21H25FN4O3S/c1-10(23-2)11-6-7-25(9-11)17-14(22)8-13-16(19(17)29-3)26(12-4-5-12)21-15(18(13)27)20(28)24-30-21/h8,10-12,23H,4-7,9H2,1-3H3,(H,24,28)/t10-,11+/m1/s1. The lowest BCUT2D eigenvalue weighted by Gasteiger charge is -2.25. The van der Waals surface area contributed by atoms with Crippen LogP contribution in [0.4, 0.5) is 10.1 Å². The first-order valence-electron chi connectivity index (χ1n) is 10.3. The monoisotopic (exact) mass is 432 g/mol. The zero-order valence-electron chi connectivity index (χ0n) is 17.3. The molecule has 0 bridgehead atoms. The lowest BCUT2D eigenvalue weighted by atomic mass is 10.0. The third kappa shape index (κ3) is 2.79. The SMILES string of the molecule is CN[C@H](C)[C@H]1CCN(c2c(F)cc3c(=O)c4c(=O)[nH]sc4n(C4CC4)c3c2OC)C1. The van der Waals surface area contributed by atoms with Crippen molar-refractivity contribution >= 4 is 38.3 Å². The number of methoxy groups -OCH3 is 1. The van der Waals surface area contributed by atoms with Crippen LogP contribution in [0.5, 0.6) is 5.75 Å². The smallest absolute Gasteiger partial charge is 0.271 e. The number of anilines is 1.